The third kappa shape index (κ3) is 2.38. The molecule has 3 N–H and O–H groups in total. The van der Waals surface area contributed by atoms with Gasteiger partial charge in [0.2, 0.25) is 0 Å². The zero-order valence-electron chi connectivity index (χ0n) is 7.54. The Balaban J connectivity index is 3.11. The van der Waals surface area contributed by atoms with E-state index in [1.54, 1.807) is 0 Å². The van der Waals surface area contributed by atoms with Crippen molar-refractivity contribution in [2.45, 2.75) is 6.54 Å². The van der Waals surface area contributed by atoms with Gasteiger partial charge in [0.05, 0.1) is 4.92 Å². The number of nitrogens with one attached hydrogen (secondary N) is 1. The SMILES string of the molecule is NNC(=O)Cn1cccc([N+](=O)[O-])c1=O. The smallest absolute Gasteiger partial charge is 0.300 e. The van der Waals surface area contributed by atoms with Crippen molar-refractivity contribution in [3.8, 4) is 0 Å². The number of nitrogens with zero attached hydrogens (tertiary/aromatic N) is 2. The van der Waals surface area contributed by atoms with Crippen molar-refractivity contribution in [2.24, 2.45) is 5.84 Å². The van der Waals surface area contributed by atoms with Crippen molar-refractivity contribution in [3.05, 3.63) is 38.8 Å². The maximum absolute atomic E-state index is 11.4. The molecule has 0 bridgehead atoms. The van der Waals surface area contributed by atoms with Gasteiger partial charge >= 0.3 is 11.2 Å². The molecule has 1 aromatic rings. The van der Waals surface area contributed by atoms with Gasteiger partial charge in [-0.3, -0.25) is 25.1 Å². The van der Waals surface area contributed by atoms with Crippen molar-refractivity contribution in [1.29, 1.82) is 0 Å². The van der Waals surface area contributed by atoms with Gasteiger partial charge in [0.1, 0.15) is 6.54 Å². The minimum Gasteiger partial charge on any atom is -0.300 e. The number of hydrogen-bond donors (Lipinski definition) is 2. The van der Waals surface area contributed by atoms with E-state index in [1.165, 1.54) is 12.3 Å². The average Bonchev–Trinajstić information content (AvgIpc) is 2.20. The molecule has 0 saturated heterocycles. The van der Waals surface area contributed by atoms with Crippen LogP contribution in [-0.2, 0) is 11.3 Å². The summed E-state index contributed by atoms with van der Waals surface area (Å²) in [6.45, 7) is -0.350. The number of hydrogen-bond acceptors (Lipinski definition) is 5. The van der Waals surface area contributed by atoms with Crippen LogP contribution in [-0.4, -0.2) is 15.4 Å². The van der Waals surface area contributed by atoms with Gasteiger partial charge in [0.25, 0.3) is 5.91 Å². The number of nitrogens with two attached hydrogens (primary N) is 1. The molecule has 1 aromatic heterocycles. The number of pyridine rings is 1. The molecule has 0 aliphatic carbocycles. The molecule has 0 unspecified atom stereocenters. The summed E-state index contributed by atoms with van der Waals surface area (Å²) in [5, 5.41) is 10.4. The second-order valence-electron chi connectivity index (χ2n) is 2.65. The minimum atomic E-state index is -0.842. The first-order valence-electron chi connectivity index (χ1n) is 3.89. The highest BCUT2D eigenvalue weighted by Gasteiger charge is 2.14. The Hall–Kier alpha value is -2.22. The van der Waals surface area contributed by atoms with Gasteiger partial charge < -0.3 is 4.57 Å². The first-order valence-corrected chi connectivity index (χ1v) is 3.89. The highest BCUT2D eigenvalue weighted by Crippen LogP contribution is 2.01. The van der Waals surface area contributed by atoms with E-state index >= 15 is 0 Å². The molecule has 1 rings (SSSR count). The molecule has 0 aromatic carbocycles. The van der Waals surface area contributed by atoms with E-state index in [4.69, 9.17) is 5.84 Å². The zero-order valence-corrected chi connectivity index (χ0v) is 7.54. The molecule has 0 fully saturated rings. The Morgan fingerprint density at radius 2 is 2.33 bits per heavy atom. The fourth-order valence-electron chi connectivity index (χ4n) is 0.988. The summed E-state index contributed by atoms with van der Waals surface area (Å²) >= 11 is 0. The maximum Gasteiger partial charge on any atom is 0.334 e. The lowest BCUT2D eigenvalue weighted by Crippen LogP contribution is -2.36. The maximum atomic E-state index is 11.4. The highest BCUT2D eigenvalue weighted by molar-refractivity contribution is 5.74. The van der Waals surface area contributed by atoms with Crippen LogP contribution in [0.25, 0.3) is 0 Å². The predicted molar refractivity (Wildman–Crippen MR) is 49.7 cm³/mol. The van der Waals surface area contributed by atoms with Crippen molar-refractivity contribution >= 4 is 11.6 Å². The molecule has 1 heterocycles. The Morgan fingerprint density at radius 1 is 1.67 bits per heavy atom. The second-order valence-corrected chi connectivity index (χ2v) is 2.65. The first kappa shape index (κ1) is 10.9. The zero-order chi connectivity index (χ0) is 11.4. The summed E-state index contributed by atoms with van der Waals surface area (Å²) < 4.78 is 0.903. The van der Waals surface area contributed by atoms with Gasteiger partial charge in [-0.05, 0) is 6.07 Å². The van der Waals surface area contributed by atoms with Crippen LogP contribution in [0.1, 0.15) is 0 Å². The van der Waals surface area contributed by atoms with Gasteiger partial charge in [0.15, 0.2) is 0 Å². The lowest BCUT2D eigenvalue weighted by Gasteiger charge is -2.02. The molecule has 8 heteroatoms. The van der Waals surface area contributed by atoms with Crippen LogP contribution < -0.4 is 16.8 Å². The van der Waals surface area contributed by atoms with Crippen molar-refractivity contribution < 1.29 is 9.72 Å². The molecular formula is C7H8N4O4. The third-order valence-corrected chi connectivity index (χ3v) is 1.67. The standard InChI is InChI=1S/C7H8N4O4/c8-9-6(12)4-10-3-1-2-5(7(10)13)11(14)15/h1-3H,4,8H2,(H,9,12). The average molecular weight is 212 g/mol. The predicted octanol–water partition coefficient (Wildman–Crippen LogP) is -1.25. The van der Waals surface area contributed by atoms with Gasteiger partial charge in [-0.1, -0.05) is 0 Å². The molecule has 0 atom stereocenters. The van der Waals surface area contributed by atoms with E-state index in [2.05, 4.69) is 0 Å². The minimum absolute atomic E-state index is 0.350. The van der Waals surface area contributed by atoms with Crippen LogP contribution in [0.15, 0.2) is 23.1 Å². The van der Waals surface area contributed by atoms with Crippen LogP contribution in [0, 0.1) is 10.1 Å². The number of amides is 1. The molecule has 0 spiro atoms. The molecule has 0 radical (unpaired) electrons. The lowest BCUT2D eigenvalue weighted by molar-refractivity contribution is -0.386. The quantitative estimate of drug-likeness (QED) is 0.280. The van der Waals surface area contributed by atoms with E-state index in [-0.39, 0.29) is 6.54 Å². The summed E-state index contributed by atoms with van der Waals surface area (Å²) in [5.41, 5.74) is 0.398. The van der Waals surface area contributed by atoms with Crippen molar-refractivity contribution in [3.63, 3.8) is 0 Å². The lowest BCUT2D eigenvalue weighted by atomic mass is 10.4. The summed E-state index contributed by atoms with van der Waals surface area (Å²) in [6, 6.07) is 2.38. The number of nitro groups is 1. The Bertz CT molecular complexity index is 453. The number of aromatic nitrogens is 1. The number of carbonyl (C=O) groups excluding carboxylic acids is 1. The van der Waals surface area contributed by atoms with Gasteiger partial charge in [-0.15, -0.1) is 0 Å². The molecule has 8 nitrogen and oxygen atoms in total. The summed E-state index contributed by atoms with van der Waals surface area (Å²) in [7, 11) is 0. The van der Waals surface area contributed by atoms with Crippen LogP contribution in [0.5, 0.6) is 0 Å². The number of rotatable bonds is 3. The van der Waals surface area contributed by atoms with Crippen LogP contribution in [0.3, 0.4) is 0 Å². The third-order valence-electron chi connectivity index (χ3n) is 1.67. The van der Waals surface area contributed by atoms with Crippen molar-refractivity contribution in [1.82, 2.24) is 9.99 Å². The highest BCUT2D eigenvalue weighted by atomic mass is 16.6. The number of carbonyl (C=O) groups is 1. The Kier molecular flexibility index (Phi) is 3.13. The normalized spacial score (nSPS) is 9.67. The van der Waals surface area contributed by atoms with E-state index < -0.39 is 22.1 Å². The summed E-state index contributed by atoms with van der Waals surface area (Å²) in [6.07, 6.45) is 1.27. The molecule has 15 heavy (non-hydrogen) atoms. The van der Waals surface area contributed by atoms with E-state index in [0.29, 0.717) is 0 Å². The number of hydrazine groups is 1. The fourth-order valence-corrected chi connectivity index (χ4v) is 0.988. The fraction of sp³-hybridized carbons (Fsp3) is 0.143. The topological polar surface area (TPSA) is 120 Å². The Labute approximate surface area is 83.4 Å². The molecule has 0 saturated carbocycles. The monoisotopic (exact) mass is 212 g/mol. The molecule has 0 aliphatic heterocycles. The van der Waals surface area contributed by atoms with Crippen molar-refractivity contribution in [2.75, 3.05) is 0 Å². The Morgan fingerprint density at radius 3 is 2.87 bits per heavy atom. The largest absolute Gasteiger partial charge is 0.334 e. The van der Waals surface area contributed by atoms with E-state index in [0.717, 1.165) is 10.6 Å². The molecule has 0 aliphatic rings. The second kappa shape index (κ2) is 4.33. The molecule has 80 valence electrons. The molecular weight excluding hydrogens is 204 g/mol. The van der Waals surface area contributed by atoms with Gasteiger partial charge in [0, 0.05) is 12.3 Å². The molecule has 1 amide bonds. The van der Waals surface area contributed by atoms with Gasteiger partial charge in [-0.2, -0.15) is 0 Å². The summed E-state index contributed by atoms with van der Waals surface area (Å²) in [5.74, 6) is 4.21. The van der Waals surface area contributed by atoms with E-state index in [9.17, 15) is 19.7 Å². The van der Waals surface area contributed by atoms with Gasteiger partial charge in [-0.25, -0.2) is 5.84 Å². The van der Waals surface area contributed by atoms with Crippen LogP contribution in [0.2, 0.25) is 0 Å². The van der Waals surface area contributed by atoms with Crippen LogP contribution >= 0.6 is 0 Å². The van der Waals surface area contributed by atoms with E-state index in [1.807, 2.05) is 5.43 Å². The first-order chi connectivity index (χ1) is 7.06. The van der Waals surface area contributed by atoms with Crippen LogP contribution in [0.4, 0.5) is 5.69 Å². The summed E-state index contributed by atoms with van der Waals surface area (Å²) in [4.78, 5) is 31.8.